The Morgan fingerprint density at radius 1 is 1.43 bits per heavy atom. The van der Waals surface area contributed by atoms with Crippen LogP contribution in [0.2, 0.25) is 0 Å². The fraction of sp³-hybridized carbons (Fsp3) is 0.600. The zero-order chi connectivity index (χ0) is 17.4. The predicted octanol–water partition coefficient (Wildman–Crippen LogP) is 1.79. The summed E-state index contributed by atoms with van der Waals surface area (Å²) in [6.45, 7) is 9.73. The number of aromatic nitrogens is 4. The quantitative estimate of drug-likeness (QED) is 0.774. The maximum atomic E-state index is 12.2. The van der Waals surface area contributed by atoms with E-state index < -0.39 is 12.0 Å². The molecule has 0 fully saturated rings. The Morgan fingerprint density at radius 2 is 2.09 bits per heavy atom. The number of anilines is 1. The Kier molecular flexibility index (Phi) is 4.44. The van der Waals surface area contributed by atoms with E-state index in [4.69, 9.17) is 0 Å². The van der Waals surface area contributed by atoms with Crippen LogP contribution in [0.1, 0.15) is 41.0 Å². The van der Waals surface area contributed by atoms with E-state index in [-0.39, 0.29) is 23.0 Å². The summed E-state index contributed by atoms with van der Waals surface area (Å²) in [7, 11) is 0. The van der Waals surface area contributed by atoms with Crippen LogP contribution >= 0.6 is 0 Å². The van der Waals surface area contributed by atoms with E-state index in [0.717, 1.165) is 0 Å². The maximum Gasteiger partial charge on any atom is 0.326 e. The van der Waals surface area contributed by atoms with Crippen LogP contribution < -0.4 is 10.9 Å². The van der Waals surface area contributed by atoms with Crippen LogP contribution in [0, 0.1) is 5.92 Å². The number of aromatic amines is 1. The molecule has 0 spiro atoms. The first kappa shape index (κ1) is 17.0. The molecule has 0 aromatic carbocycles. The van der Waals surface area contributed by atoms with Crippen LogP contribution in [0.4, 0.5) is 5.95 Å². The largest absolute Gasteiger partial charge is 0.480 e. The molecule has 0 aliphatic heterocycles. The normalized spacial score (nSPS) is 13.5. The van der Waals surface area contributed by atoms with Crippen molar-refractivity contribution in [1.82, 2.24) is 19.7 Å². The number of nitrogens with one attached hydrogen (secondary N) is 2. The predicted molar refractivity (Wildman–Crippen MR) is 87.6 cm³/mol. The van der Waals surface area contributed by atoms with Gasteiger partial charge in [0.05, 0.1) is 11.7 Å². The van der Waals surface area contributed by atoms with Crippen molar-refractivity contribution in [3.8, 4) is 0 Å². The zero-order valence-corrected chi connectivity index (χ0v) is 14.0. The van der Waals surface area contributed by atoms with Gasteiger partial charge in [0.25, 0.3) is 5.56 Å². The molecule has 0 bridgehead atoms. The van der Waals surface area contributed by atoms with Gasteiger partial charge in [0, 0.05) is 0 Å². The molecule has 0 unspecified atom stereocenters. The van der Waals surface area contributed by atoms with E-state index in [1.807, 2.05) is 34.6 Å². The van der Waals surface area contributed by atoms with E-state index in [0.29, 0.717) is 17.5 Å². The summed E-state index contributed by atoms with van der Waals surface area (Å²) < 4.78 is 1.65. The Bertz CT molecular complexity index is 769. The van der Waals surface area contributed by atoms with E-state index >= 15 is 0 Å². The van der Waals surface area contributed by atoms with Gasteiger partial charge in [0.2, 0.25) is 5.95 Å². The van der Waals surface area contributed by atoms with Crippen LogP contribution in [-0.2, 0) is 10.3 Å². The summed E-state index contributed by atoms with van der Waals surface area (Å²) in [4.78, 5) is 30.5. The fourth-order valence-corrected chi connectivity index (χ4v) is 2.34. The SMILES string of the molecule is CC(C)C[C@H](Nc1nc2c(cnn2C(C)(C)C)c(=O)[nH]1)C(=O)O. The first-order valence-electron chi connectivity index (χ1n) is 7.57. The third-order valence-corrected chi connectivity index (χ3v) is 3.39. The lowest BCUT2D eigenvalue weighted by molar-refractivity contribution is -0.138. The van der Waals surface area contributed by atoms with E-state index in [1.54, 1.807) is 4.68 Å². The molecule has 2 rings (SSSR count). The highest BCUT2D eigenvalue weighted by molar-refractivity contribution is 5.78. The Hall–Kier alpha value is -2.38. The van der Waals surface area contributed by atoms with Crippen LogP contribution in [-0.4, -0.2) is 36.9 Å². The number of carboxylic acids is 1. The highest BCUT2D eigenvalue weighted by Gasteiger charge is 2.22. The van der Waals surface area contributed by atoms with Crippen LogP contribution in [0.3, 0.4) is 0 Å². The molecule has 2 aromatic rings. The standard InChI is InChI=1S/C15H23N5O3/c1-8(2)6-10(13(22)23)17-14-18-11-9(12(21)19-14)7-16-20(11)15(3,4)5/h7-8,10H,6H2,1-5H3,(H,22,23)(H2,17,18,19,21)/t10-/m0/s1. The maximum absolute atomic E-state index is 12.2. The zero-order valence-electron chi connectivity index (χ0n) is 14.0. The van der Waals surface area contributed by atoms with Crippen molar-refractivity contribution in [2.45, 2.75) is 52.6 Å². The third kappa shape index (κ3) is 3.69. The summed E-state index contributed by atoms with van der Waals surface area (Å²) >= 11 is 0. The topological polar surface area (TPSA) is 113 Å². The van der Waals surface area contributed by atoms with Crippen molar-refractivity contribution in [2.24, 2.45) is 5.92 Å². The Labute approximate surface area is 133 Å². The van der Waals surface area contributed by atoms with E-state index in [9.17, 15) is 14.7 Å². The van der Waals surface area contributed by atoms with Gasteiger partial charge in [0.1, 0.15) is 11.4 Å². The number of nitrogens with zero attached hydrogens (tertiary/aromatic N) is 3. The molecule has 1 atom stereocenters. The average Bonchev–Trinajstić information content (AvgIpc) is 2.81. The molecule has 3 N–H and O–H groups in total. The number of hydrogen-bond donors (Lipinski definition) is 3. The average molecular weight is 321 g/mol. The molecule has 0 saturated heterocycles. The minimum absolute atomic E-state index is 0.140. The van der Waals surface area contributed by atoms with Crippen LogP contribution in [0.15, 0.2) is 11.0 Å². The molecule has 0 aliphatic rings. The van der Waals surface area contributed by atoms with Crippen molar-refractivity contribution in [2.75, 3.05) is 5.32 Å². The highest BCUT2D eigenvalue weighted by Crippen LogP contribution is 2.19. The summed E-state index contributed by atoms with van der Waals surface area (Å²) in [5.74, 6) is -0.647. The molecule has 2 aromatic heterocycles. The van der Waals surface area contributed by atoms with Crippen LogP contribution in [0.5, 0.6) is 0 Å². The van der Waals surface area contributed by atoms with Gasteiger partial charge in [-0.1, -0.05) is 13.8 Å². The van der Waals surface area contributed by atoms with Gasteiger partial charge >= 0.3 is 5.97 Å². The van der Waals surface area contributed by atoms with Crippen LogP contribution in [0.25, 0.3) is 11.0 Å². The molecule has 126 valence electrons. The lowest BCUT2D eigenvalue weighted by Gasteiger charge is -2.20. The number of carbonyl (C=O) groups is 1. The monoisotopic (exact) mass is 321 g/mol. The van der Waals surface area contributed by atoms with Gasteiger partial charge in [-0.25, -0.2) is 9.48 Å². The Balaban J connectivity index is 2.46. The highest BCUT2D eigenvalue weighted by atomic mass is 16.4. The number of hydrogen-bond acceptors (Lipinski definition) is 5. The second-order valence-corrected chi connectivity index (χ2v) is 7.04. The molecule has 0 amide bonds. The summed E-state index contributed by atoms with van der Waals surface area (Å²) in [5, 5.41) is 16.7. The van der Waals surface area contributed by atoms with Gasteiger partial charge < -0.3 is 10.4 Å². The van der Waals surface area contributed by atoms with E-state index in [1.165, 1.54) is 6.20 Å². The Morgan fingerprint density at radius 3 is 2.61 bits per heavy atom. The molecule has 0 saturated carbocycles. The molecule has 0 radical (unpaired) electrons. The molecule has 2 heterocycles. The van der Waals surface area contributed by atoms with Gasteiger partial charge in [-0.05, 0) is 33.1 Å². The van der Waals surface area contributed by atoms with Crippen molar-refractivity contribution < 1.29 is 9.90 Å². The number of rotatable bonds is 5. The molecule has 23 heavy (non-hydrogen) atoms. The van der Waals surface area contributed by atoms with Crippen molar-refractivity contribution >= 4 is 23.0 Å². The molecule has 8 nitrogen and oxygen atoms in total. The third-order valence-electron chi connectivity index (χ3n) is 3.39. The number of carboxylic acid groups (broad SMARTS) is 1. The van der Waals surface area contributed by atoms with Gasteiger partial charge in [-0.2, -0.15) is 10.1 Å². The minimum atomic E-state index is -0.981. The summed E-state index contributed by atoms with van der Waals surface area (Å²) in [5.41, 5.74) is -0.261. The number of H-pyrrole nitrogens is 1. The van der Waals surface area contributed by atoms with Crippen molar-refractivity contribution in [3.63, 3.8) is 0 Å². The van der Waals surface area contributed by atoms with Gasteiger partial charge in [-0.15, -0.1) is 0 Å². The van der Waals surface area contributed by atoms with E-state index in [2.05, 4.69) is 20.4 Å². The lowest BCUT2D eigenvalue weighted by Crippen LogP contribution is -2.32. The molecule has 8 heteroatoms. The lowest BCUT2D eigenvalue weighted by atomic mass is 10.0. The smallest absolute Gasteiger partial charge is 0.326 e. The van der Waals surface area contributed by atoms with Crippen molar-refractivity contribution in [3.05, 3.63) is 16.6 Å². The summed E-state index contributed by atoms with van der Waals surface area (Å²) in [6.07, 6.45) is 1.90. The number of fused-ring (bicyclic) bond motifs is 1. The second-order valence-electron chi connectivity index (χ2n) is 7.04. The molecular formula is C15H23N5O3. The first-order chi connectivity index (χ1) is 10.6. The first-order valence-corrected chi connectivity index (χ1v) is 7.57. The molecular weight excluding hydrogens is 298 g/mol. The summed E-state index contributed by atoms with van der Waals surface area (Å²) in [6, 6.07) is -0.818. The second kappa shape index (κ2) is 6.02. The van der Waals surface area contributed by atoms with Gasteiger partial charge in [0.15, 0.2) is 5.65 Å². The number of aliphatic carboxylic acids is 1. The minimum Gasteiger partial charge on any atom is -0.480 e. The van der Waals surface area contributed by atoms with Crippen molar-refractivity contribution in [1.29, 1.82) is 0 Å². The fourth-order valence-electron chi connectivity index (χ4n) is 2.34. The molecule has 0 aliphatic carbocycles. The van der Waals surface area contributed by atoms with Gasteiger partial charge in [-0.3, -0.25) is 9.78 Å².